The van der Waals surface area contributed by atoms with Gasteiger partial charge < -0.3 is 14.4 Å². The number of benzene rings is 3. The molecule has 180 valence electrons. The largest absolute Gasteiger partial charge is 0.508 e. The standard InChI is InChI=1S/C26H22N6O3S/c1-16(33)32-21(17-10-12-18(34)13-11-17)14-24(30-32)27-26-29-28-25(35-26)15-31-19-6-2-4-8-22(19)36-23-9-5-3-7-20(23)31/h2-13,21,34H,14-15H2,1H3,(H,27,29,30). The topological polar surface area (TPSA) is 107 Å². The van der Waals surface area contributed by atoms with Crippen LogP contribution in [0.5, 0.6) is 5.75 Å². The SMILES string of the molecule is CC(=O)N1N/C(=N/c2nnc(CN3c4ccccc4Sc4ccccc43)o2)CC1c1ccc(O)cc1. The number of fused-ring (bicyclic) bond motifs is 2. The van der Waals surface area contributed by atoms with Gasteiger partial charge in [0.15, 0.2) is 0 Å². The fraction of sp³-hybridized carbons (Fsp3) is 0.154. The number of carbonyl (C=O) groups excluding carboxylic acids is 1. The smallest absolute Gasteiger partial charge is 0.344 e. The summed E-state index contributed by atoms with van der Waals surface area (Å²) >= 11 is 1.74. The summed E-state index contributed by atoms with van der Waals surface area (Å²) in [4.78, 5) is 21.2. The number of aliphatic imine (C=N–C) groups is 1. The summed E-state index contributed by atoms with van der Waals surface area (Å²) in [6.07, 6.45) is 0.451. The lowest BCUT2D eigenvalue weighted by atomic mass is 10.0. The van der Waals surface area contributed by atoms with Crippen molar-refractivity contribution in [3.8, 4) is 5.75 Å². The average molecular weight is 499 g/mol. The van der Waals surface area contributed by atoms with E-state index in [0.29, 0.717) is 24.7 Å². The van der Waals surface area contributed by atoms with Crippen LogP contribution in [0.25, 0.3) is 0 Å². The number of hydrogen-bond acceptors (Lipinski definition) is 8. The van der Waals surface area contributed by atoms with Gasteiger partial charge in [-0.15, -0.1) is 5.10 Å². The molecule has 3 aromatic carbocycles. The van der Waals surface area contributed by atoms with E-state index in [4.69, 9.17) is 4.42 Å². The maximum Gasteiger partial charge on any atom is 0.344 e. The van der Waals surface area contributed by atoms with E-state index in [1.165, 1.54) is 11.9 Å². The predicted molar refractivity (Wildman–Crippen MR) is 135 cm³/mol. The second-order valence-electron chi connectivity index (χ2n) is 8.47. The zero-order valence-electron chi connectivity index (χ0n) is 19.3. The Morgan fingerprint density at radius 1 is 1.06 bits per heavy atom. The van der Waals surface area contributed by atoms with E-state index in [1.54, 1.807) is 36.0 Å². The number of para-hydroxylation sites is 2. The van der Waals surface area contributed by atoms with Crippen LogP contribution in [0.4, 0.5) is 17.4 Å². The number of nitrogens with zero attached hydrogens (tertiary/aromatic N) is 5. The van der Waals surface area contributed by atoms with Crippen LogP contribution in [-0.2, 0) is 11.3 Å². The highest BCUT2D eigenvalue weighted by Gasteiger charge is 2.33. The molecule has 0 bridgehead atoms. The third kappa shape index (κ3) is 4.16. The second kappa shape index (κ2) is 9.04. The zero-order chi connectivity index (χ0) is 24.6. The molecule has 4 aromatic rings. The molecule has 0 radical (unpaired) electrons. The van der Waals surface area contributed by atoms with Crippen molar-refractivity contribution in [3.05, 3.63) is 84.3 Å². The van der Waals surface area contributed by atoms with E-state index in [2.05, 4.69) is 49.8 Å². The molecule has 6 rings (SSSR count). The minimum atomic E-state index is -0.261. The van der Waals surface area contributed by atoms with Gasteiger partial charge in [0.2, 0.25) is 11.8 Å². The summed E-state index contributed by atoms with van der Waals surface area (Å²) in [5.74, 6) is 1.000. The number of amides is 1. The number of nitrogens with one attached hydrogen (secondary N) is 1. The number of rotatable bonds is 4. The minimum absolute atomic E-state index is 0.121. The van der Waals surface area contributed by atoms with Crippen molar-refractivity contribution in [2.24, 2.45) is 4.99 Å². The molecule has 1 amide bonds. The minimum Gasteiger partial charge on any atom is -0.508 e. The highest BCUT2D eigenvalue weighted by atomic mass is 32.2. The quantitative estimate of drug-likeness (QED) is 0.400. The molecule has 1 saturated heterocycles. The fourth-order valence-electron chi connectivity index (χ4n) is 4.43. The summed E-state index contributed by atoms with van der Waals surface area (Å²) in [6.45, 7) is 1.89. The number of amidine groups is 1. The summed E-state index contributed by atoms with van der Waals surface area (Å²) in [5, 5.41) is 19.5. The monoisotopic (exact) mass is 498 g/mol. The molecule has 1 aromatic heterocycles. The number of aromatic nitrogens is 2. The molecule has 0 aliphatic carbocycles. The van der Waals surface area contributed by atoms with Crippen LogP contribution in [0.15, 0.2) is 92.0 Å². The molecule has 1 fully saturated rings. The number of phenolic OH excluding ortho intramolecular Hbond substituents is 1. The molecule has 2 N–H and O–H groups in total. The molecule has 1 atom stereocenters. The van der Waals surface area contributed by atoms with Crippen LogP contribution in [0.2, 0.25) is 0 Å². The van der Waals surface area contributed by atoms with Crippen molar-refractivity contribution < 1.29 is 14.3 Å². The molecule has 36 heavy (non-hydrogen) atoms. The predicted octanol–water partition coefficient (Wildman–Crippen LogP) is 5.11. The number of anilines is 2. The maximum absolute atomic E-state index is 12.2. The van der Waals surface area contributed by atoms with E-state index < -0.39 is 0 Å². The van der Waals surface area contributed by atoms with Crippen LogP contribution in [0.3, 0.4) is 0 Å². The molecule has 0 spiro atoms. The van der Waals surface area contributed by atoms with Gasteiger partial charge in [-0.1, -0.05) is 53.3 Å². The molecule has 2 aliphatic rings. The Labute approximate surface area is 211 Å². The van der Waals surface area contributed by atoms with Crippen molar-refractivity contribution in [2.75, 3.05) is 4.90 Å². The molecule has 2 aliphatic heterocycles. The first-order chi connectivity index (χ1) is 17.5. The lowest BCUT2D eigenvalue weighted by Crippen LogP contribution is -2.38. The van der Waals surface area contributed by atoms with E-state index in [1.807, 2.05) is 24.3 Å². The first kappa shape index (κ1) is 22.2. The van der Waals surface area contributed by atoms with Crippen LogP contribution in [-0.4, -0.2) is 32.1 Å². The molecular formula is C26H22N6O3S. The van der Waals surface area contributed by atoms with Crippen LogP contribution in [0, 0.1) is 0 Å². The van der Waals surface area contributed by atoms with Crippen molar-refractivity contribution >= 4 is 40.9 Å². The van der Waals surface area contributed by atoms with Crippen molar-refractivity contribution in [2.45, 2.75) is 35.7 Å². The Hall–Kier alpha value is -4.31. The Bertz CT molecular complexity index is 1420. The van der Waals surface area contributed by atoms with E-state index in [9.17, 15) is 9.90 Å². The van der Waals surface area contributed by atoms with E-state index in [-0.39, 0.29) is 23.7 Å². The van der Waals surface area contributed by atoms with Crippen LogP contribution < -0.4 is 10.3 Å². The Morgan fingerprint density at radius 3 is 2.39 bits per heavy atom. The van der Waals surface area contributed by atoms with Gasteiger partial charge in [-0.05, 0) is 42.0 Å². The number of hydrazine groups is 1. The molecule has 10 heteroatoms. The molecule has 3 heterocycles. The third-order valence-corrected chi connectivity index (χ3v) is 7.21. The first-order valence-electron chi connectivity index (χ1n) is 11.4. The van der Waals surface area contributed by atoms with Gasteiger partial charge in [0.25, 0.3) is 0 Å². The summed E-state index contributed by atoms with van der Waals surface area (Å²) in [6, 6.07) is 23.1. The maximum atomic E-state index is 12.2. The third-order valence-electron chi connectivity index (χ3n) is 6.08. The van der Waals surface area contributed by atoms with E-state index in [0.717, 1.165) is 26.7 Å². The van der Waals surface area contributed by atoms with E-state index >= 15 is 0 Å². The van der Waals surface area contributed by atoms with Gasteiger partial charge in [-0.3, -0.25) is 10.2 Å². The molecule has 1 unspecified atom stereocenters. The normalized spacial score (nSPS) is 17.6. The van der Waals surface area contributed by atoms with Gasteiger partial charge in [0, 0.05) is 23.1 Å². The van der Waals surface area contributed by atoms with Gasteiger partial charge in [-0.25, -0.2) is 5.01 Å². The molecule has 0 saturated carbocycles. The second-order valence-corrected chi connectivity index (χ2v) is 9.56. The molecular weight excluding hydrogens is 476 g/mol. The van der Waals surface area contributed by atoms with Crippen molar-refractivity contribution in [1.82, 2.24) is 20.6 Å². The summed E-state index contributed by atoms with van der Waals surface area (Å²) in [5.41, 5.74) is 6.09. The fourth-order valence-corrected chi connectivity index (χ4v) is 5.52. The van der Waals surface area contributed by atoms with Crippen molar-refractivity contribution in [1.29, 1.82) is 0 Å². The highest BCUT2D eigenvalue weighted by molar-refractivity contribution is 7.99. The summed E-state index contributed by atoms with van der Waals surface area (Å²) < 4.78 is 5.90. The Morgan fingerprint density at radius 2 is 1.72 bits per heavy atom. The first-order valence-corrected chi connectivity index (χ1v) is 12.3. The lowest BCUT2D eigenvalue weighted by molar-refractivity contribution is -0.132. The highest BCUT2D eigenvalue weighted by Crippen LogP contribution is 2.48. The Balaban J connectivity index is 1.25. The lowest BCUT2D eigenvalue weighted by Gasteiger charge is -2.31. The van der Waals surface area contributed by atoms with Crippen molar-refractivity contribution in [3.63, 3.8) is 0 Å². The van der Waals surface area contributed by atoms with Crippen LogP contribution in [0.1, 0.15) is 30.8 Å². The van der Waals surface area contributed by atoms with Gasteiger partial charge >= 0.3 is 6.01 Å². The number of phenols is 1. The molecule has 9 nitrogen and oxygen atoms in total. The number of aromatic hydroxyl groups is 1. The zero-order valence-corrected chi connectivity index (χ0v) is 20.1. The summed E-state index contributed by atoms with van der Waals surface area (Å²) in [7, 11) is 0. The Kier molecular flexibility index (Phi) is 5.57. The average Bonchev–Trinajstić information content (AvgIpc) is 3.51. The van der Waals surface area contributed by atoms with Gasteiger partial charge in [0.1, 0.15) is 18.1 Å². The van der Waals surface area contributed by atoms with Gasteiger partial charge in [-0.2, -0.15) is 4.99 Å². The van der Waals surface area contributed by atoms with Gasteiger partial charge in [0.05, 0.1) is 17.4 Å². The number of carbonyl (C=O) groups is 1. The van der Waals surface area contributed by atoms with Crippen LogP contribution >= 0.6 is 11.8 Å². The number of hydrogen-bond donors (Lipinski definition) is 2.